The highest BCUT2D eigenvalue weighted by Gasteiger charge is 2.48. The van der Waals surface area contributed by atoms with Crippen molar-refractivity contribution in [3.63, 3.8) is 0 Å². The summed E-state index contributed by atoms with van der Waals surface area (Å²) in [5.74, 6) is -4.28. The van der Waals surface area contributed by atoms with Gasteiger partial charge in [0.25, 0.3) is 5.91 Å². The van der Waals surface area contributed by atoms with Crippen LogP contribution in [0.4, 0.5) is 0 Å². The fourth-order valence-corrected chi connectivity index (χ4v) is 11.7. The van der Waals surface area contributed by atoms with Crippen molar-refractivity contribution >= 4 is 66.7 Å². The lowest BCUT2D eigenvalue weighted by atomic mass is 9.97. The van der Waals surface area contributed by atoms with Gasteiger partial charge in [-0.15, -0.1) is 0 Å². The molecule has 0 radical (unpaired) electrons. The monoisotopic (exact) mass is 1520 g/mol. The maximum Gasteiger partial charge on any atom is 0.325 e. The zero-order chi connectivity index (χ0) is 77.3. The summed E-state index contributed by atoms with van der Waals surface area (Å²) in [7, 11) is -4.11. The molecule has 0 aromatic rings. The van der Waals surface area contributed by atoms with E-state index in [1.807, 2.05) is 0 Å². The van der Waals surface area contributed by atoms with Gasteiger partial charge in [-0.25, -0.2) is 0 Å². The molecule has 3 saturated heterocycles. The zero-order valence-electron chi connectivity index (χ0n) is 59.9. The maximum atomic E-state index is 13.9. The molecular weight excluding hydrogens is 1400 g/mol. The average Bonchev–Trinajstić information content (AvgIpc) is 0.821. The number of ether oxygens (including phenoxy) is 6. The van der Waals surface area contributed by atoms with Crippen LogP contribution in [0.25, 0.3) is 0 Å². The highest BCUT2D eigenvalue weighted by atomic mass is 31.2. The van der Waals surface area contributed by atoms with Gasteiger partial charge in [-0.3, -0.25) is 52.5 Å². The predicted octanol–water partition coefficient (Wildman–Crippen LogP) is -6.68. The lowest BCUT2D eigenvalue weighted by Gasteiger charge is -2.42. The summed E-state index contributed by atoms with van der Waals surface area (Å²) in [4.78, 5) is 139. The van der Waals surface area contributed by atoms with Gasteiger partial charge in [-0.05, 0) is 77.0 Å². The number of carbonyl (C=O) groups is 10. The molecule has 0 aromatic heterocycles. The number of unbranched alkanes of at least 4 members (excludes halogenated alkanes) is 3. The molecule has 0 aliphatic carbocycles. The summed E-state index contributed by atoms with van der Waals surface area (Å²) < 4.78 is 50.4. The van der Waals surface area contributed by atoms with Crippen LogP contribution in [0.5, 0.6) is 0 Å². The zero-order valence-corrected chi connectivity index (χ0v) is 60.8. The van der Waals surface area contributed by atoms with Gasteiger partial charge in [0.15, 0.2) is 25.0 Å². The summed E-state index contributed by atoms with van der Waals surface area (Å²) in [6.07, 6.45) is -13.7. The van der Waals surface area contributed by atoms with Gasteiger partial charge in [-0.1, -0.05) is 0 Å². The summed E-state index contributed by atoms with van der Waals surface area (Å²) >= 11 is 0. The molecule has 104 heavy (non-hydrogen) atoms. The molecule has 600 valence electrons. The Morgan fingerprint density at radius 3 is 1.02 bits per heavy atom. The Morgan fingerprint density at radius 1 is 0.413 bits per heavy atom. The molecule has 17 atom stereocenters. The number of nitrogens with one attached hydrogen (secondary N) is 8. The van der Waals surface area contributed by atoms with Crippen LogP contribution in [0, 0.1) is 0 Å². The van der Waals surface area contributed by atoms with Crippen LogP contribution in [-0.4, -0.2) is 335 Å². The molecule has 39 nitrogen and oxygen atoms in total. The Morgan fingerprint density at radius 2 is 0.702 bits per heavy atom. The Labute approximate surface area is 604 Å². The largest absolute Gasteiger partial charge is 0.394 e. The average molecular weight is 1520 g/mol. The Bertz CT molecular complexity index is 2660. The fourth-order valence-electron chi connectivity index (χ4n) is 11.3. The molecule has 3 heterocycles. The van der Waals surface area contributed by atoms with Gasteiger partial charge in [0.2, 0.25) is 53.2 Å². The third kappa shape index (κ3) is 36.2. The van der Waals surface area contributed by atoms with Gasteiger partial charge < -0.3 is 141 Å². The van der Waals surface area contributed by atoms with E-state index in [9.17, 15) is 108 Å². The lowest BCUT2D eigenvalue weighted by Crippen LogP contribution is -2.64. The first kappa shape index (κ1) is 92.4. The minimum absolute atomic E-state index is 0.0218. The molecular formula is C64H115N10O29P. The van der Waals surface area contributed by atoms with Crippen LogP contribution in [-0.2, 0) is 85.5 Å². The van der Waals surface area contributed by atoms with E-state index in [4.69, 9.17) is 32.9 Å². The topological polar surface area (TPSA) is 578 Å². The first-order chi connectivity index (χ1) is 49.4. The minimum Gasteiger partial charge on any atom is -0.394 e. The number of hydrogen-bond donors (Lipinski definition) is 19. The first-order valence-electron chi connectivity index (χ1n) is 35.5. The van der Waals surface area contributed by atoms with Crippen molar-refractivity contribution in [2.45, 2.75) is 234 Å². The van der Waals surface area contributed by atoms with Gasteiger partial charge in [-0.2, -0.15) is 0 Å². The molecule has 3 fully saturated rings. The van der Waals surface area contributed by atoms with Gasteiger partial charge in [0, 0.05) is 145 Å². The quantitative estimate of drug-likeness (QED) is 0.0199. The van der Waals surface area contributed by atoms with E-state index in [2.05, 4.69) is 42.5 Å². The van der Waals surface area contributed by atoms with E-state index in [0.717, 1.165) is 6.66 Å². The number of amides is 10. The van der Waals surface area contributed by atoms with E-state index in [1.165, 1.54) is 30.6 Å². The molecule has 0 bridgehead atoms. The van der Waals surface area contributed by atoms with E-state index in [-0.39, 0.29) is 185 Å². The van der Waals surface area contributed by atoms with Gasteiger partial charge in [0.1, 0.15) is 73.1 Å². The number of nitrogens with zero attached hydrogens (tertiary/aromatic N) is 2. The summed E-state index contributed by atoms with van der Waals surface area (Å²) in [6.45, 7) is 2.89. The van der Waals surface area contributed by atoms with Crippen LogP contribution in [0.3, 0.4) is 0 Å². The predicted molar refractivity (Wildman–Crippen MR) is 363 cm³/mol. The molecule has 3 aliphatic heterocycles. The highest BCUT2D eigenvalue weighted by molar-refractivity contribution is 7.51. The highest BCUT2D eigenvalue weighted by Crippen LogP contribution is 2.36. The van der Waals surface area contributed by atoms with E-state index in [0.29, 0.717) is 44.9 Å². The molecule has 8 unspecified atom stereocenters. The number of rotatable bonds is 52. The number of carbonyl (C=O) groups excluding carboxylic acids is 10. The second kappa shape index (κ2) is 50.7. The normalized spacial score (nSPS) is 25.4. The number of aliphatic hydroxyl groups excluding tert-OH is 10. The summed E-state index contributed by atoms with van der Waals surface area (Å²) in [6, 6.07) is -3.34. The second-order valence-electron chi connectivity index (χ2n) is 25.7. The van der Waals surface area contributed by atoms with Crippen LogP contribution in [0.2, 0.25) is 0 Å². The van der Waals surface area contributed by atoms with Crippen molar-refractivity contribution in [1.29, 1.82) is 0 Å². The van der Waals surface area contributed by atoms with Crippen molar-refractivity contribution in [2.24, 2.45) is 0 Å². The van der Waals surface area contributed by atoms with Crippen molar-refractivity contribution < 1.29 is 141 Å². The smallest absolute Gasteiger partial charge is 0.325 e. The standard InChI is InChI=1S/C64H115N10O29P/c1-39(78)70-52-58(91)55(88)43(35-75)101-62(52)97-32-8-5-17-46(82)65-23-11-20-49(85)68-26-14-28-73(51(87)22-13-25-67-48(84)19-7-10-34-99-64-54(72-41(3)80)60(93)57(90)45(37-77)103-64)30-16-31-74(61(94)42(81)38-100-104(4,95)96)29-15-27-69-50(86)21-12-24-66-47(83)18-6-9-33-98-63-53(71-40(2)79)59(92)56(89)44(36-76)102-63/h42-45,52-60,62-64,75-77,81,88-93H,5-38H2,1-4H3,(H,65,82)(H,66,83)(H,67,84)(H,68,85)(H,69,86)(H,70,78)(H,71,79)(H,72,80)(H,95,96)/t42?,43?,44?,45?,52?,53?,54?,55-,56-,57-,58+,59+,60+,62+,63+,64+/m0/s1. The lowest BCUT2D eigenvalue weighted by molar-refractivity contribution is -0.270. The Balaban J connectivity index is 1.51. The van der Waals surface area contributed by atoms with E-state index in [1.54, 1.807) is 0 Å². The van der Waals surface area contributed by atoms with Crippen LogP contribution < -0.4 is 42.5 Å². The Kier molecular flexibility index (Phi) is 45.1. The minimum atomic E-state index is -4.11. The molecule has 3 rings (SSSR count). The Hall–Kier alpha value is -5.79. The first-order valence-corrected chi connectivity index (χ1v) is 37.5. The fraction of sp³-hybridized carbons (Fsp3) is 0.844. The molecule has 0 saturated carbocycles. The molecule has 10 amide bonds. The van der Waals surface area contributed by atoms with Crippen molar-refractivity contribution in [1.82, 2.24) is 52.3 Å². The van der Waals surface area contributed by atoms with Crippen LogP contribution in [0.15, 0.2) is 0 Å². The van der Waals surface area contributed by atoms with E-state index < -0.39 is 156 Å². The third-order valence-electron chi connectivity index (χ3n) is 16.8. The van der Waals surface area contributed by atoms with Crippen molar-refractivity contribution in [3.05, 3.63) is 0 Å². The molecule has 0 aromatic carbocycles. The van der Waals surface area contributed by atoms with Crippen molar-refractivity contribution in [3.8, 4) is 0 Å². The molecule has 19 N–H and O–H groups in total. The molecule has 0 spiro atoms. The third-order valence-corrected chi connectivity index (χ3v) is 17.4. The number of hydrogen-bond acceptors (Lipinski definition) is 28. The number of aliphatic hydroxyl groups is 10. The van der Waals surface area contributed by atoms with Gasteiger partial charge >= 0.3 is 7.60 Å². The van der Waals surface area contributed by atoms with Crippen molar-refractivity contribution in [2.75, 3.05) is 112 Å². The van der Waals surface area contributed by atoms with Gasteiger partial charge in [0.05, 0.1) is 26.4 Å². The van der Waals surface area contributed by atoms with Crippen LogP contribution >= 0.6 is 7.60 Å². The summed E-state index contributed by atoms with van der Waals surface area (Å²) in [5, 5.41) is 123. The van der Waals surface area contributed by atoms with E-state index >= 15 is 0 Å². The molecule has 3 aliphatic rings. The second-order valence-corrected chi connectivity index (χ2v) is 27.6. The summed E-state index contributed by atoms with van der Waals surface area (Å²) in [5.41, 5.74) is 0. The van der Waals surface area contributed by atoms with Crippen LogP contribution in [0.1, 0.15) is 136 Å². The SMILES string of the molecule is CC(=O)NC1[C@H](OCCCCC(=O)NCCCC(=O)NCCCN(CCCN(CCCNC(=O)CCCNC(=O)CCCCO[C@@H]2OC(CO)[C@H](O)[C@H](O)C2NC(C)=O)C(=O)C(O)COP(C)(=O)O)C(=O)CCCNC(=O)CCCCO[C@@H]2OC(CO)[C@H](O)[C@H](O)C2NC(C)=O)OC(CO)[C@H](O)[C@@H]1O. The maximum absolute atomic E-state index is 13.9. The molecule has 40 heteroatoms.